The molecule has 0 aliphatic carbocycles. The summed E-state index contributed by atoms with van der Waals surface area (Å²) < 4.78 is 1.24. The van der Waals surface area contributed by atoms with E-state index in [-0.39, 0.29) is 0 Å². The molecule has 3 heteroatoms. The molecule has 0 saturated heterocycles. The molecule has 0 N–H and O–H groups in total. The average Bonchev–Trinajstić information content (AvgIpc) is 2.90. The molecule has 88 valence electrons. The van der Waals surface area contributed by atoms with Crippen molar-refractivity contribution < 1.29 is 0 Å². The molecule has 0 unspecified atom stereocenters. The highest BCUT2D eigenvalue weighted by Crippen LogP contribution is 2.31. The Morgan fingerprint density at radius 3 is 2.39 bits per heavy atom. The van der Waals surface area contributed by atoms with Crippen LogP contribution in [0.5, 0.6) is 0 Å². The van der Waals surface area contributed by atoms with Crippen molar-refractivity contribution in [3.63, 3.8) is 0 Å². The minimum absolute atomic E-state index is 1.05. The third-order valence-corrected chi connectivity index (χ3v) is 4.49. The second-order valence-electron chi connectivity index (χ2n) is 3.88. The zero-order valence-electron chi connectivity index (χ0n) is 9.51. The number of hydrogen-bond acceptors (Lipinski definition) is 2. The average molecular weight is 363 g/mol. The molecule has 0 aliphatic heterocycles. The molecule has 3 rings (SSSR count). The Bertz CT molecular complexity index is 661. The summed E-state index contributed by atoms with van der Waals surface area (Å²) in [5.41, 5.74) is 3.44. The van der Waals surface area contributed by atoms with Crippen LogP contribution in [0.4, 0.5) is 0 Å². The molecule has 0 fully saturated rings. The third kappa shape index (κ3) is 2.33. The predicted molar refractivity (Wildman–Crippen MR) is 85.7 cm³/mol. The van der Waals surface area contributed by atoms with Crippen molar-refractivity contribution in [2.45, 2.75) is 0 Å². The normalized spacial score (nSPS) is 10.5. The zero-order valence-corrected chi connectivity index (χ0v) is 12.5. The first-order chi connectivity index (χ1) is 8.84. The predicted octanol–water partition coefficient (Wildman–Crippen LogP) is 5.08. The molecule has 0 saturated carbocycles. The van der Waals surface area contributed by atoms with E-state index in [0.717, 1.165) is 10.7 Å². The number of aromatic nitrogens is 1. The van der Waals surface area contributed by atoms with Gasteiger partial charge < -0.3 is 0 Å². The van der Waals surface area contributed by atoms with E-state index in [0.29, 0.717) is 0 Å². The molecule has 18 heavy (non-hydrogen) atoms. The molecule has 1 aromatic heterocycles. The smallest absolute Gasteiger partial charge is 0.125 e. The van der Waals surface area contributed by atoms with Gasteiger partial charge in [-0.1, -0.05) is 48.5 Å². The molecule has 2 aromatic carbocycles. The van der Waals surface area contributed by atoms with E-state index < -0.39 is 0 Å². The SMILES string of the molecule is Ic1ccccc1-c1nc(-c2ccccc2)cs1. The van der Waals surface area contributed by atoms with Crippen LogP contribution in [0.25, 0.3) is 21.8 Å². The van der Waals surface area contributed by atoms with Crippen LogP contribution in [0.15, 0.2) is 60.0 Å². The Labute approximate surface area is 124 Å². The van der Waals surface area contributed by atoms with Gasteiger partial charge in [-0.15, -0.1) is 11.3 Å². The molecule has 0 amide bonds. The second-order valence-corrected chi connectivity index (χ2v) is 5.90. The molecule has 0 atom stereocenters. The highest BCUT2D eigenvalue weighted by molar-refractivity contribution is 14.1. The van der Waals surface area contributed by atoms with Gasteiger partial charge in [-0.05, 0) is 28.7 Å². The van der Waals surface area contributed by atoms with Crippen molar-refractivity contribution in [1.29, 1.82) is 0 Å². The summed E-state index contributed by atoms with van der Waals surface area (Å²) in [4.78, 5) is 4.73. The van der Waals surface area contributed by atoms with E-state index in [4.69, 9.17) is 4.98 Å². The van der Waals surface area contributed by atoms with Gasteiger partial charge in [-0.25, -0.2) is 4.98 Å². The quantitative estimate of drug-likeness (QED) is 0.579. The standard InChI is InChI=1S/C15H10INS/c16-13-9-5-4-8-12(13)15-17-14(10-18-15)11-6-2-1-3-7-11/h1-10H. The number of thiazole rings is 1. The fourth-order valence-corrected chi connectivity index (χ4v) is 3.47. The van der Waals surface area contributed by atoms with Gasteiger partial charge in [-0.2, -0.15) is 0 Å². The highest BCUT2D eigenvalue weighted by Gasteiger charge is 2.08. The topological polar surface area (TPSA) is 12.9 Å². The van der Waals surface area contributed by atoms with Gasteiger partial charge in [0.2, 0.25) is 0 Å². The molecule has 3 aromatic rings. The van der Waals surface area contributed by atoms with Gasteiger partial charge in [0, 0.05) is 20.1 Å². The minimum atomic E-state index is 1.05. The van der Waals surface area contributed by atoms with Crippen LogP contribution in [0.1, 0.15) is 0 Å². The summed E-state index contributed by atoms with van der Waals surface area (Å²) in [5, 5.41) is 3.20. The molecule has 0 bridgehead atoms. The van der Waals surface area contributed by atoms with Crippen LogP contribution >= 0.6 is 33.9 Å². The largest absolute Gasteiger partial charge is 0.236 e. The van der Waals surface area contributed by atoms with Crippen molar-refractivity contribution in [2.24, 2.45) is 0 Å². The number of nitrogens with zero attached hydrogens (tertiary/aromatic N) is 1. The molecule has 0 aliphatic rings. The van der Waals surface area contributed by atoms with Gasteiger partial charge in [-0.3, -0.25) is 0 Å². The lowest BCUT2D eigenvalue weighted by molar-refractivity contribution is 1.39. The van der Waals surface area contributed by atoms with Gasteiger partial charge in [0.1, 0.15) is 5.01 Å². The van der Waals surface area contributed by atoms with Crippen LogP contribution in [0.3, 0.4) is 0 Å². The van der Waals surface area contributed by atoms with Gasteiger partial charge >= 0.3 is 0 Å². The van der Waals surface area contributed by atoms with Gasteiger partial charge in [0.15, 0.2) is 0 Å². The van der Waals surface area contributed by atoms with E-state index in [1.807, 2.05) is 18.2 Å². The molecule has 0 radical (unpaired) electrons. The first-order valence-corrected chi connectivity index (χ1v) is 7.56. The fraction of sp³-hybridized carbons (Fsp3) is 0. The van der Waals surface area contributed by atoms with Crippen molar-refractivity contribution in [3.05, 3.63) is 63.5 Å². The first kappa shape index (κ1) is 11.9. The molecule has 1 nitrogen and oxygen atoms in total. The van der Waals surface area contributed by atoms with E-state index >= 15 is 0 Å². The van der Waals surface area contributed by atoms with E-state index in [2.05, 4.69) is 64.4 Å². The van der Waals surface area contributed by atoms with Crippen molar-refractivity contribution in [3.8, 4) is 21.8 Å². The third-order valence-electron chi connectivity index (χ3n) is 2.68. The Morgan fingerprint density at radius 1 is 0.889 bits per heavy atom. The maximum atomic E-state index is 4.73. The molecule has 0 spiro atoms. The van der Waals surface area contributed by atoms with Crippen LogP contribution in [-0.4, -0.2) is 4.98 Å². The summed E-state index contributed by atoms with van der Waals surface area (Å²) >= 11 is 4.05. The van der Waals surface area contributed by atoms with Crippen LogP contribution in [0, 0.1) is 3.57 Å². The molecule has 1 heterocycles. The van der Waals surface area contributed by atoms with Crippen LogP contribution in [0.2, 0.25) is 0 Å². The molecular formula is C15H10INS. The van der Waals surface area contributed by atoms with Crippen molar-refractivity contribution in [2.75, 3.05) is 0 Å². The first-order valence-electron chi connectivity index (χ1n) is 5.60. The maximum Gasteiger partial charge on any atom is 0.125 e. The minimum Gasteiger partial charge on any atom is -0.236 e. The van der Waals surface area contributed by atoms with Crippen LogP contribution < -0.4 is 0 Å². The Balaban J connectivity index is 2.03. The summed E-state index contributed by atoms with van der Waals surface area (Å²) in [5.74, 6) is 0. The van der Waals surface area contributed by atoms with Crippen molar-refractivity contribution in [1.82, 2.24) is 4.98 Å². The summed E-state index contributed by atoms with van der Waals surface area (Å²) in [7, 11) is 0. The zero-order chi connectivity index (χ0) is 12.4. The van der Waals surface area contributed by atoms with Gasteiger partial charge in [0.05, 0.1) is 5.69 Å². The monoisotopic (exact) mass is 363 g/mol. The highest BCUT2D eigenvalue weighted by atomic mass is 127. The van der Waals surface area contributed by atoms with E-state index in [1.54, 1.807) is 11.3 Å². The molecular weight excluding hydrogens is 353 g/mol. The Hall–Kier alpha value is -1.20. The maximum absolute atomic E-state index is 4.73. The number of hydrogen-bond donors (Lipinski definition) is 0. The lowest BCUT2D eigenvalue weighted by Crippen LogP contribution is -1.82. The number of halogens is 1. The van der Waals surface area contributed by atoms with E-state index in [1.165, 1.54) is 14.7 Å². The Kier molecular flexibility index (Phi) is 3.43. The second kappa shape index (κ2) is 5.20. The Morgan fingerprint density at radius 2 is 1.61 bits per heavy atom. The van der Waals surface area contributed by atoms with Crippen molar-refractivity contribution >= 4 is 33.9 Å². The number of benzene rings is 2. The summed E-state index contributed by atoms with van der Waals surface area (Å²) in [6, 6.07) is 18.6. The fourth-order valence-electron chi connectivity index (χ4n) is 1.77. The van der Waals surface area contributed by atoms with Gasteiger partial charge in [0.25, 0.3) is 0 Å². The number of rotatable bonds is 2. The summed E-state index contributed by atoms with van der Waals surface area (Å²) in [6.45, 7) is 0. The lowest BCUT2D eigenvalue weighted by Gasteiger charge is -1.99. The van der Waals surface area contributed by atoms with Crippen LogP contribution in [-0.2, 0) is 0 Å². The van der Waals surface area contributed by atoms with E-state index in [9.17, 15) is 0 Å². The summed E-state index contributed by atoms with van der Waals surface area (Å²) in [6.07, 6.45) is 0. The lowest BCUT2D eigenvalue weighted by atomic mass is 10.2.